The van der Waals surface area contributed by atoms with E-state index in [0.717, 1.165) is 61.5 Å². The second kappa shape index (κ2) is 7.11. The Morgan fingerprint density at radius 2 is 1.87 bits per heavy atom. The Kier molecular flexibility index (Phi) is 4.94. The van der Waals surface area contributed by atoms with Crippen LogP contribution in [0.1, 0.15) is 46.0 Å². The molecule has 0 radical (unpaired) electrons. The molecule has 1 unspecified atom stereocenters. The molecule has 0 fully saturated rings. The molecule has 0 bridgehead atoms. The van der Waals surface area contributed by atoms with Gasteiger partial charge in [-0.25, -0.2) is 0 Å². The molecule has 0 saturated carbocycles. The number of nitrogens with one attached hydrogen (secondary N) is 1. The Morgan fingerprint density at radius 3 is 2.57 bits per heavy atom. The zero-order valence-corrected chi connectivity index (χ0v) is 14.1. The summed E-state index contributed by atoms with van der Waals surface area (Å²) in [5, 5.41) is 3.39. The van der Waals surface area contributed by atoms with E-state index in [0.29, 0.717) is 13.2 Å². The van der Waals surface area contributed by atoms with Gasteiger partial charge in [0.2, 0.25) is 5.91 Å². The standard InChI is InChI=1S/C18H26N2O3/c1-3-5-6-8-20-15-12-17-16(22-9-10-23-17)11-14(15)19-13(7-4-2)18(20)21/h11-13,19H,3-10H2,1-2H3. The van der Waals surface area contributed by atoms with Crippen LogP contribution in [-0.4, -0.2) is 31.7 Å². The molecule has 3 rings (SSSR count). The first-order valence-electron chi connectivity index (χ1n) is 8.76. The maximum Gasteiger partial charge on any atom is 0.249 e. The predicted molar refractivity (Wildman–Crippen MR) is 91.6 cm³/mol. The fourth-order valence-corrected chi connectivity index (χ4v) is 3.21. The number of amides is 1. The monoisotopic (exact) mass is 318 g/mol. The summed E-state index contributed by atoms with van der Waals surface area (Å²) in [6.45, 7) is 6.18. The van der Waals surface area contributed by atoms with Crippen molar-refractivity contribution in [2.45, 2.75) is 52.0 Å². The molecule has 0 aliphatic carbocycles. The number of ether oxygens (including phenoxy) is 2. The van der Waals surface area contributed by atoms with E-state index in [1.807, 2.05) is 17.0 Å². The highest BCUT2D eigenvalue weighted by molar-refractivity contribution is 6.05. The molecule has 1 aromatic rings. The van der Waals surface area contributed by atoms with E-state index in [9.17, 15) is 4.79 Å². The molecule has 2 heterocycles. The number of nitrogens with zero attached hydrogens (tertiary/aromatic N) is 1. The normalized spacial score (nSPS) is 19.3. The van der Waals surface area contributed by atoms with Gasteiger partial charge < -0.3 is 19.7 Å². The summed E-state index contributed by atoms with van der Waals surface area (Å²) in [6.07, 6.45) is 5.13. The average molecular weight is 318 g/mol. The number of unbranched alkanes of at least 4 members (excludes halogenated alkanes) is 2. The highest BCUT2D eigenvalue weighted by Crippen LogP contribution is 2.42. The zero-order valence-electron chi connectivity index (χ0n) is 14.1. The van der Waals surface area contributed by atoms with Crippen LogP contribution in [0.3, 0.4) is 0 Å². The third kappa shape index (κ3) is 3.23. The summed E-state index contributed by atoms with van der Waals surface area (Å²) in [7, 11) is 0. The SMILES string of the molecule is CCCCCN1C(=O)C(CCC)Nc2cc3c(cc21)OCCO3. The van der Waals surface area contributed by atoms with Crippen LogP contribution in [0.5, 0.6) is 11.5 Å². The number of rotatable bonds is 6. The molecule has 0 spiro atoms. The maximum absolute atomic E-state index is 12.8. The topological polar surface area (TPSA) is 50.8 Å². The third-order valence-electron chi connectivity index (χ3n) is 4.41. The lowest BCUT2D eigenvalue weighted by Gasteiger charge is -2.36. The van der Waals surface area contributed by atoms with Gasteiger partial charge in [0.15, 0.2) is 11.5 Å². The average Bonchev–Trinajstić information content (AvgIpc) is 2.57. The zero-order chi connectivity index (χ0) is 16.2. The van der Waals surface area contributed by atoms with Gasteiger partial charge in [-0.05, 0) is 12.8 Å². The first-order chi connectivity index (χ1) is 11.2. The summed E-state index contributed by atoms with van der Waals surface area (Å²) < 4.78 is 11.4. The van der Waals surface area contributed by atoms with Gasteiger partial charge in [-0.15, -0.1) is 0 Å². The van der Waals surface area contributed by atoms with E-state index in [1.165, 1.54) is 0 Å². The number of benzene rings is 1. The van der Waals surface area contributed by atoms with Crippen molar-refractivity contribution in [1.29, 1.82) is 0 Å². The van der Waals surface area contributed by atoms with Gasteiger partial charge in [-0.1, -0.05) is 33.1 Å². The third-order valence-corrected chi connectivity index (χ3v) is 4.41. The van der Waals surface area contributed by atoms with E-state index in [4.69, 9.17) is 9.47 Å². The van der Waals surface area contributed by atoms with Crippen molar-refractivity contribution in [2.24, 2.45) is 0 Å². The van der Waals surface area contributed by atoms with Gasteiger partial charge in [0, 0.05) is 18.7 Å². The van der Waals surface area contributed by atoms with Crippen LogP contribution in [0.15, 0.2) is 12.1 Å². The van der Waals surface area contributed by atoms with Crippen LogP contribution in [0.2, 0.25) is 0 Å². The van der Waals surface area contributed by atoms with Crippen molar-refractivity contribution < 1.29 is 14.3 Å². The molecule has 2 aliphatic rings. The van der Waals surface area contributed by atoms with Gasteiger partial charge in [0.25, 0.3) is 0 Å². The molecular formula is C18H26N2O3. The lowest BCUT2D eigenvalue weighted by Crippen LogP contribution is -2.47. The van der Waals surface area contributed by atoms with Crippen molar-refractivity contribution in [2.75, 3.05) is 30.0 Å². The van der Waals surface area contributed by atoms with E-state index in [1.54, 1.807) is 0 Å². The number of hydrogen-bond donors (Lipinski definition) is 1. The number of carbonyl (C=O) groups is 1. The Labute approximate surface area is 137 Å². The molecule has 0 aromatic heterocycles. The van der Waals surface area contributed by atoms with Crippen LogP contribution in [0, 0.1) is 0 Å². The molecule has 5 nitrogen and oxygen atoms in total. The molecule has 126 valence electrons. The van der Waals surface area contributed by atoms with Gasteiger partial charge >= 0.3 is 0 Å². The summed E-state index contributed by atoms with van der Waals surface area (Å²) in [5.41, 5.74) is 1.89. The minimum absolute atomic E-state index is 0.142. The lowest BCUT2D eigenvalue weighted by molar-refractivity contribution is -0.119. The Hall–Kier alpha value is -1.91. The number of anilines is 2. The molecular weight excluding hydrogens is 292 g/mol. The summed E-state index contributed by atoms with van der Waals surface area (Å²) in [4.78, 5) is 14.8. The number of fused-ring (bicyclic) bond motifs is 2. The Bertz CT molecular complexity index is 574. The van der Waals surface area contributed by atoms with E-state index < -0.39 is 0 Å². The molecule has 23 heavy (non-hydrogen) atoms. The van der Waals surface area contributed by atoms with Crippen LogP contribution in [0.4, 0.5) is 11.4 Å². The fraction of sp³-hybridized carbons (Fsp3) is 0.611. The summed E-state index contributed by atoms with van der Waals surface area (Å²) in [6, 6.07) is 3.78. The molecule has 5 heteroatoms. The van der Waals surface area contributed by atoms with E-state index in [-0.39, 0.29) is 11.9 Å². The van der Waals surface area contributed by atoms with Crippen molar-refractivity contribution in [3.63, 3.8) is 0 Å². The number of carbonyl (C=O) groups excluding carboxylic acids is 1. The fourth-order valence-electron chi connectivity index (χ4n) is 3.21. The first kappa shape index (κ1) is 16.0. The summed E-state index contributed by atoms with van der Waals surface area (Å²) in [5.74, 6) is 1.67. The quantitative estimate of drug-likeness (QED) is 0.815. The predicted octanol–water partition coefficient (Wildman–Crippen LogP) is 3.58. The van der Waals surface area contributed by atoms with E-state index >= 15 is 0 Å². The van der Waals surface area contributed by atoms with Gasteiger partial charge in [-0.2, -0.15) is 0 Å². The van der Waals surface area contributed by atoms with Crippen LogP contribution in [0.25, 0.3) is 0 Å². The minimum atomic E-state index is -0.142. The van der Waals surface area contributed by atoms with Gasteiger partial charge in [0.05, 0.1) is 11.4 Å². The van der Waals surface area contributed by atoms with Crippen LogP contribution < -0.4 is 19.7 Å². The second-order valence-corrected chi connectivity index (χ2v) is 6.20. The van der Waals surface area contributed by atoms with Gasteiger partial charge in [-0.3, -0.25) is 4.79 Å². The molecule has 2 aliphatic heterocycles. The van der Waals surface area contributed by atoms with Crippen LogP contribution >= 0.6 is 0 Å². The van der Waals surface area contributed by atoms with E-state index in [2.05, 4.69) is 19.2 Å². The molecule has 1 N–H and O–H groups in total. The Balaban J connectivity index is 1.92. The lowest BCUT2D eigenvalue weighted by atomic mass is 10.0. The highest BCUT2D eigenvalue weighted by Gasteiger charge is 2.33. The maximum atomic E-state index is 12.8. The minimum Gasteiger partial charge on any atom is -0.486 e. The van der Waals surface area contributed by atoms with Crippen molar-refractivity contribution >= 4 is 17.3 Å². The van der Waals surface area contributed by atoms with Crippen molar-refractivity contribution in [3.8, 4) is 11.5 Å². The molecule has 0 saturated heterocycles. The van der Waals surface area contributed by atoms with Crippen molar-refractivity contribution in [1.82, 2.24) is 0 Å². The second-order valence-electron chi connectivity index (χ2n) is 6.20. The molecule has 1 atom stereocenters. The van der Waals surface area contributed by atoms with Crippen LogP contribution in [-0.2, 0) is 4.79 Å². The first-order valence-corrected chi connectivity index (χ1v) is 8.76. The summed E-state index contributed by atoms with van der Waals surface area (Å²) >= 11 is 0. The Morgan fingerprint density at radius 1 is 1.13 bits per heavy atom. The van der Waals surface area contributed by atoms with Gasteiger partial charge in [0.1, 0.15) is 19.3 Å². The largest absolute Gasteiger partial charge is 0.486 e. The molecule has 1 amide bonds. The van der Waals surface area contributed by atoms with Crippen molar-refractivity contribution in [3.05, 3.63) is 12.1 Å². The molecule has 1 aromatic carbocycles. The smallest absolute Gasteiger partial charge is 0.249 e. The number of hydrogen-bond acceptors (Lipinski definition) is 4. The highest BCUT2D eigenvalue weighted by atomic mass is 16.6.